The average molecular weight is 444 g/mol. The minimum absolute atomic E-state index is 0.191. The van der Waals surface area contributed by atoms with Crippen molar-refractivity contribution in [1.82, 2.24) is 15.2 Å². The van der Waals surface area contributed by atoms with Gasteiger partial charge in [0.2, 0.25) is 5.91 Å². The number of pyridine rings is 1. The Hall–Kier alpha value is -2.56. The lowest BCUT2D eigenvalue weighted by molar-refractivity contribution is -0.158. The van der Waals surface area contributed by atoms with Gasteiger partial charge in [0.05, 0.1) is 16.6 Å². The van der Waals surface area contributed by atoms with Gasteiger partial charge < -0.3 is 25.3 Å². The zero-order valence-corrected chi connectivity index (χ0v) is 17.4. The number of carboxylic acid groups (broad SMARTS) is 1. The summed E-state index contributed by atoms with van der Waals surface area (Å²) in [4.78, 5) is 31.8. The number of alkyl halides is 3. The first-order valence-electron chi connectivity index (χ1n) is 10.1. The van der Waals surface area contributed by atoms with E-state index in [1.54, 1.807) is 23.6 Å². The summed E-state index contributed by atoms with van der Waals surface area (Å²) in [6.45, 7) is 4.25. The van der Waals surface area contributed by atoms with Crippen LogP contribution < -0.4 is 10.2 Å². The highest BCUT2D eigenvalue weighted by atomic mass is 19.4. The van der Waals surface area contributed by atoms with Crippen LogP contribution in [-0.2, 0) is 11.0 Å². The maximum absolute atomic E-state index is 13.4. The Balaban J connectivity index is 1.71. The second-order valence-corrected chi connectivity index (χ2v) is 8.71. The number of carbonyl (C=O) groups excluding carboxylic acids is 1. The predicted molar refractivity (Wildman–Crippen MR) is 106 cm³/mol. The number of piperazine rings is 1. The number of nitrogens with one attached hydrogen (secondary N) is 1. The molecular formula is C20H27F3N4O4. The molecule has 8 nitrogen and oxygen atoms in total. The van der Waals surface area contributed by atoms with Crippen LogP contribution in [0.3, 0.4) is 0 Å². The number of nitrogens with zero attached hydrogens (tertiary/aromatic N) is 3. The Morgan fingerprint density at radius 1 is 1.23 bits per heavy atom. The molecule has 1 saturated carbocycles. The van der Waals surface area contributed by atoms with Gasteiger partial charge in [0.25, 0.3) is 0 Å². The minimum atomic E-state index is -4.46. The van der Waals surface area contributed by atoms with Crippen LogP contribution in [0.15, 0.2) is 18.3 Å². The van der Waals surface area contributed by atoms with E-state index in [1.807, 2.05) is 0 Å². The molecule has 2 aliphatic rings. The van der Waals surface area contributed by atoms with Gasteiger partial charge in [-0.2, -0.15) is 13.2 Å². The maximum atomic E-state index is 13.4. The highest BCUT2D eigenvalue weighted by Crippen LogP contribution is 2.48. The van der Waals surface area contributed by atoms with E-state index in [9.17, 15) is 27.9 Å². The van der Waals surface area contributed by atoms with Crippen LogP contribution in [0, 0.1) is 5.41 Å². The van der Waals surface area contributed by atoms with Crippen molar-refractivity contribution in [2.45, 2.75) is 50.9 Å². The summed E-state index contributed by atoms with van der Waals surface area (Å²) in [5, 5.41) is 22.2. The van der Waals surface area contributed by atoms with Crippen molar-refractivity contribution < 1.29 is 33.0 Å². The van der Waals surface area contributed by atoms with Gasteiger partial charge >= 0.3 is 12.3 Å². The normalized spacial score (nSPS) is 24.9. The summed E-state index contributed by atoms with van der Waals surface area (Å²) >= 11 is 0. The van der Waals surface area contributed by atoms with E-state index >= 15 is 0 Å². The van der Waals surface area contributed by atoms with E-state index in [0.29, 0.717) is 25.9 Å². The zero-order valence-electron chi connectivity index (χ0n) is 17.4. The number of rotatable bonds is 4. The molecule has 2 fully saturated rings. The highest BCUT2D eigenvalue weighted by molar-refractivity contribution is 5.85. The smallest absolute Gasteiger partial charge is 0.416 e. The van der Waals surface area contributed by atoms with Crippen LogP contribution in [-0.4, -0.2) is 69.9 Å². The molecule has 172 valence electrons. The Kier molecular flexibility index (Phi) is 6.09. The number of carbonyl (C=O) groups is 2. The van der Waals surface area contributed by atoms with Gasteiger partial charge in [-0.15, -0.1) is 0 Å². The molecule has 1 aliphatic heterocycles. The topological polar surface area (TPSA) is 106 Å². The molecule has 2 amide bonds. The summed E-state index contributed by atoms with van der Waals surface area (Å²) in [6.07, 6.45) is -3.54. The summed E-state index contributed by atoms with van der Waals surface area (Å²) < 4.78 is 38.9. The Bertz CT molecular complexity index is 834. The fraction of sp³-hybridized carbons (Fsp3) is 0.650. The third-order valence-corrected chi connectivity index (χ3v) is 6.39. The molecule has 1 aliphatic carbocycles. The molecule has 1 saturated heterocycles. The van der Waals surface area contributed by atoms with E-state index in [0.717, 1.165) is 18.3 Å². The second-order valence-electron chi connectivity index (χ2n) is 8.71. The van der Waals surface area contributed by atoms with Crippen molar-refractivity contribution in [3.63, 3.8) is 0 Å². The van der Waals surface area contributed by atoms with E-state index in [2.05, 4.69) is 10.3 Å². The number of hydrogen-bond acceptors (Lipinski definition) is 5. The standard InChI is InChI=1S/C20H27F3N4O4/c1-18(2,31)19(5-3-14(12-19)25-17(29)30)16(28)27-9-7-26(8-10-27)15-11-13(4-6-24-15)20(21,22)23/h4,6,11,14,25,31H,3,5,7-10,12H2,1-2H3,(H,29,30). The number of amides is 2. The van der Waals surface area contributed by atoms with Crippen LogP contribution >= 0.6 is 0 Å². The lowest BCUT2D eigenvalue weighted by Gasteiger charge is -2.45. The van der Waals surface area contributed by atoms with Gasteiger partial charge in [0.15, 0.2) is 0 Å². The number of anilines is 1. The van der Waals surface area contributed by atoms with Crippen molar-refractivity contribution in [2.24, 2.45) is 5.41 Å². The third kappa shape index (κ3) is 4.70. The molecule has 1 aromatic rings. The lowest BCUT2D eigenvalue weighted by Crippen LogP contribution is -2.58. The Labute approximate surface area is 178 Å². The van der Waals surface area contributed by atoms with E-state index in [4.69, 9.17) is 5.11 Å². The number of aliphatic hydroxyl groups is 1. The van der Waals surface area contributed by atoms with Crippen LogP contribution in [0.4, 0.5) is 23.8 Å². The highest BCUT2D eigenvalue weighted by Gasteiger charge is 2.56. The fourth-order valence-corrected chi connectivity index (χ4v) is 4.56. The van der Waals surface area contributed by atoms with Gasteiger partial charge in [0, 0.05) is 38.4 Å². The first-order chi connectivity index (χ1) is 14.3. The summed E-state index contributed by atoms with van der Waals surface area (Å²) in [5.41, 5.74) is -3.27. The SMILES string of the molecule is CC(C)(O)C1(C(=O)N2CCN(c3cc(C(F)(F)F)ccn3)CC2)CCC(NC(=O)O)C1. The molecular weight excluding hydrogens is 417 g/mol. The molecule has 2 heterocycles. The fourth-order valence-electron chi connectivity index (χ4n) is 4.56. The van der Waals surface area contributed by atoms with Crippen molar-refractivity contribution in [3.8, 4) is 0 Å². The van der Waals surface area contributed by atoms with Gasteiger partial charge in [0.1, 0.15) is 5.82 Å². The lowest BCUT2D eigenvalue weighted by atomic mass is 9.70. The molecule has 1 aromatic heterocycles. The molecule has 0 bridgehead atoms. The molecule has 11 heteroatoms. The van der Waals surface area contributed by atoms with E-state index in [1.165, 1.54) is 0 Å². The third-order valence-electron chi connectivity index (χ3n) is 6.39. The van der Waals surface area contributed by atoms with Crippen molar-refractivity contribution >= 4 is 17.8 Å². The number of aromatic nitrogens is 1. The molecule has 0 radical (unpaired) electrons. The van der Waals surface area contributed by atoms with Gasteiger partial charge in [-0.3, -0.25) is 4.79 Å². The Morgan fingerprint density at radius 2 is 1.87 bits per heavy atom. The van der Waals surface area contributed by atoms with Gasteiger partial charge in [-0.1, -0.05) is 0 Å². The predicted octanol–water partition coefficient (Wildman–Crippen LogP) is 2.33. The molecule has 0 aromatic carbocycles. The summed E-state index contributed by atoms with van der Waals surface area (Å²) in [5.74, 6) is -0.0583. The molecule has 3 N–H and O–H groups in total. The van der Waals surface area contributed by atoms with Crippen molar-refractivity contribution in [2.75, 3.05) is 31.1 Å². The largest absolute Gasteiger partial charge is 0.465 e. The summed E-state index contributed by atoms with van der Waals surface area (Å²) in [7, 11) is 0. The summed E-state index contributed by atoms with van der Waals surface area (Å²) in [6, 6.07) is 1.48. The van der Waals surface area contributed by atoms with E-state index in [-0.39, 0.29) is 31.2 Å². The quantitative estimate of drug-likeness (QED) is 0.658. The molecule has 3 rings (SSSR count). The first-order valence-corrected chi connectivity index (χ1v) is 10.1. The zero-order chi connectivity index (χ0) is 23.0. The van der Waals surface area contributed by atoms with Gasteiger partial charge in [-0.05, 0) is 45.2 Å². The van der Waals surface area contributed by atoms with Crippen LogP contribution in [0.1, 0.15) is 38.7 Å². The van der Waals surface area contributed by atoms with Gasteiger partial charge in [-0.25, -0.2) is 9.78 Å². The number of halogens is 3. The average Bonchev–Trinajstić information content (AvgIpc) is 3.11. The van der Waals surface area contributed by atoms with Crippen LogP contribution in [0.2, 0.25) is 0 Å². The van der Waals surface area contributed by atoms with Crippen molar-refractivity contribution in [1.29, 1.82) is 0 Å². The molecule has 0 spiro atoms. The molecule has 2 atom stereocenters. The minimum Gasteiger partial charge on any atom is -0.465 e. The van der Waals surface area contributed by atoms with Crippen LogP contribution in [0.5, 0.6) is 0 Å². The first kappa shape index (κ1) is 23.1. The number of hydrogen-bond donors (Lipinski definition) is 3. The van der Waals surface area contributed by atoms with Crippen LogP contribution in [0.25, 0.3) is 0 Å². The Morgan fingerprint density at radius 3 is 2.42 bits per heavy atom. The molecule has 31 heavy (non-hydrogen) atoms. The van der Waals surface area contributed by atoms with E-state index < -0.39 is 34.9 Å². The van der Waals surface area contributed by atoms with Crippen molar-refractivity contribution in [3.05, 3.63) is 23.9 Å². The molecule has 2 unspecified atom stereocenters. The maximum Gasteiger partial charge on any atom is 0.416 e. The second kappa shape index (κ2) is 8.18. The monoisotopic (exact) mass is 444 g/mol.